The van der Waals surface area contributed by atoms with E-state index in [4.69, 9.17) is 0 Å². The van der Waals surface area contributed by atoms with E-state index >= 15 is 0 Å². The average molecular weight is 262 g/mol. The van der Waals surface area contributed by atoms with Crippen molar-refractivity contribution in [2.24, 2.45) is 5.41 Å². The summed E-state index contributed by atoms with van der Waals surface area (Å²) < 4.78 is 0. The molecule has 0 saturated heterocycles. The molecule has 104 valence electrons. The first kappa shape index (κ1) is 15.1. The van der Waals surface area contributed by atoms with Gasteiger partial charge in [0.15, 0.2) is 0 Å². The molecule has 0 fully saturated rings. The minimum absolute atomic E-state index is 0.0321. The van der Waals surface area contributed by atoms with Crippen molar-refractivity contribution in [3.8, 4) is 5.75 Å². The molecule has 0 aromatic heterocycles. The number of hydrogen-bond donors (Lipinski definition) is 2. The Kier molecular flexibility index (Phi) is 4.59. The predicted molar refractivity (Wildman–Crippen MR) is 78.3 cm³/mol. The van der Waals surface area contributed by atoms with Crippen LogP contribution < -0.4 is 10.2 Å². The van der Waals surface area contributed by atoms with Crippen molar-refractivity contribution in [2.45, 2.75) is 27.7 Å². The summed E-state index contributed by atoms with van der Waals surface area (Å²) in [4.78, 5) is 13.5. The maximum Gasteiger partial charge on any atom is 0.325 e. The number of amides is 2. The molecule has 0 unspecified atom stereocenters. The molecule has 4 nitrogen and oxygen atoms in total. The van der Waals surface area contributed by atoms with Crippen molar-refractivity contribution in [3.63, 3.8) is 0 Å². The van der Waals surface area contributed by atoms with E-state index in [1.165, 1.54) is 4.90 Å². The number of phenolic OH excluding ortho intramolecular Hbond substituents is 1. The predicted octanol–water partition coefficient (Wildman–Crippen LogP) is 3.49. The quantitative estimate of drug-likeness (QED) is 0.857. The molecule has 0 spiro atoms. The smallest absolute Gasteiger partial charge is 0.325 e. The van der Waals surface area contributed by atoms with E-state index in [9.17, 15) is 9.90 Å². The summed E-state index contributed by atoms with van der Waals surface area (Å²) in [5.74, 6) is 0.182. The lowest BCUT2D eigenvalue weighted by atomic mass is 9.88. The molecule has 0 bridgehead atoms. The summed E-state index contributed by atoms with van der Waals surface area (Å²) in [6.45, 7) is 8.26. The number of aromatic hydroxyl groups is 1. The molecule has 19 heavy (non-hydrogen) atoms. The Balaban J connectivity index is 2.71. The summed E-state index contributed by atoms with van der Waals surface area (Å²) in [6, 6.07) is 6.27. The van der Waals surface area contributed by atoms with Gasteiger partial charge in [-0.2, -0.15) is 0 Å². The summed E-state index contributed by atoms with van der Waals surface area (Å²) in [5.41, 5.74) is 1.85. The molecule has 0 aliphatic heterocycles. The number of carbonyl (C=O) groups excluding carboxylic acids is 1. The maximum atomic E-state index is 12.0. The number of rotatable bonds is 2. The van der Waals surface area contributed by atoms with E-state index in [1.807, 2.05) is 6.92 Å². The lowest BCUT2D eigenvalue weighted by molar-refractivity contribution is 0.250. The molecule has 0 atom stereocenters. The van der Waals surface area contributed by atoms with Gasteiger partial charge in [-0.25, -0.2) is 4.79 Å². The molecule has 4 heteroatoms. The number of carbonyl (C=O) groups is 1. The lowest BCUT2D eigenvalue weighted by Crippen LogP contribution is -2.34. The second-order valence-corrected chi connectivity index (χ2v) is 5.60. The van der Waals surface area contributed by atoms with E-state index in [0.29, 0.717) is 0 Å². The standard InChI is InChI=1S/C15H22N2O2/c1-11(15(2,3)4)10-16-14(19)17(5)12-6-8-13(18)9-7-12/h6-10,18H,1-5H3,(H,16,19)/b11-10+. The Labute approximate surface area is 114 Å². The number of benzene rings is 1. The zero-order valence-electron chi connectivity index (χ0n) is 12.2. The largest absolute Gasteiger partial charge is 0.508 e. The van der Waals surface area contributed by atoms with E-state index in [2.05, 4.69) is 26.1 Å². The van der Waals surface area contributed by atoms with Crippen LogP contribution in [0.4, 0.5) is 10.5 Å². The van der Waals surface area contributed by atoms with Crippen molar-refractivity contribution in [3.05, 3.63) is 36.0 Å². The van der Waals surface area contributed by atoms with Gasteiger partial charge in [-0.1, -0.05) is 26.3 Å². The van der Waals surface area contributed by atoms with Crippen LogP contribution in [0.25, 0.3) is 0 Å². The molecule has 0 radical (unpaired) electrons. The zero-order valence-corrected chi connectivity index (χ0v) is 12.2. The topological polar surface area (TPSA) is 52.6 Å². The van der Waals surface area contributed by atoms with E-state index < -0.39 is 0 Å². The van der Waals surface area contributed by atoms with Gasteiger partial charge in [-0.05, 0) is 36.6 Å². The Morgan fingerprint density at radius 3 is 2.26 bits per heavy atom. The molecule has 2 N–H and O–H groups in total. The van der Waals surface area contributed by atoms with Crippen molar-refractivity contribution in [1.29, 1.82) is 0 Å². The van der Waals surface area contributed by atoms with Crippen LogP contribution in [-0.2, 0) is 0 Å². The fourth-order valence-electron chi connectivity index (χ4n) is 1.28. The number of hydrogen-bond acceptors (Lipinski definition) is 2. The van der Waals surface area contributed by atoms with Crippen molar-refractivity contribution >= 4 is 11.7 Å². The zero-order chi connectivity index (χ0) is 14.6. The first-order chi connectivity index (χ1) is 8.71. The van der Waals surface area contributed by atoms with Crippen LogP contribution in [0.5, 0.6) is 5.75 Å². The van der Waals surface area contributed by atoms with Gasteiger partial charge in [-0.15, -0.1) is 0 Å². The Morgan fingerprint density at radius 1 is 1.26 bits per heavy atom. The molecule has 1 aromatic carbocycles. The van der Waals surface area contributed by atoms with Crippen LogP contribution in [0, 0.1) is 5.41 Å². The summed E-state index contributed by atoms with van der Waals surface area (Å²) >= 11 is 0. The van der Waals surface area contributed by atoms with Gasteiger partial charge in [0, 0.05) is 18.9 Å². The molecular formula is C15H22N2O2. The van der Waals surface area contributed by atoms with Crippen LogP contribution >= 0.6 is 0 Å². The molecule has 0 aliphatic carbocycles. The molecule has 0 heterocycles. The monoisotopic (exact) mass is 262 g/mol. The number of allylic oxidation sites excluding steroid dienone is 1. The summed E-state index contributed by atoms with van der Waals surface area (Å²) in [6.07, 6.45) is 1.74. The number of urea groups is 1. The van der Waals surface area contributed by atoms with Crippen LogP contribution in [0.1, 0.15) is 27.7 Å². The van der Waals surface area contributed by atoms with Crippen molar-refractivity contribution in [1.82, 2.24) is 5.32 Å². The van der Waals surface area contributed by atoms with Crippen LogP contribution in [0.15, 0.2) is 36.0 Å². The highest BCUT2D eigenvalue weighted by molar-refractivity contribution is 5.92. The number of nitrogens with one attached hydrogen (secondary N) is 1. The third-order valence-corrected chi connectivity index (χ3v) is 3.14. The molecule has 2 amide bonds. The minimum Gasteiger partial charge on any atom is -0.508 e. The first-order valence-corrected chi connectivity index (χ1v) is 6.22. The van der Waals surface area contributed by atoms with Crippen LogP contribution in [-0.4, -0.2) is 18.2 Å². The van der Waals surface area contributed by atoms with Crippen molar-refractivity contribution in [2.75, 3.05) is 11.9 Å². The molecule has 0 saturated carbocycles. The Bertz CT molecular complexity index is 470. The van der Waals surface area contributed by atoms with Gasteiger partial charge in [0.05, 0.1) is 0 Å². The number of nitrogens with zero attached hydrogens (tertiary/aromatic N) is 1. The fraction of sp³-hybridized carbons (Fsp3) is 0.400. The van der Waals surface area contributed by atoms with Crippen LogP contribution in [0.3, 0.4) is 0 Å². The third-order valence-electron chi connectivity index (χ3n) is 3.14. The summed E-state index contributed by atoms with van der Waals surface area (Å²) in [5, 5.41) is 12.0. The summed E-state index contributed by atoms with van der Waals surface area (Å²) in [7, 11) is 1.68. The second kappa shape index (κ2) is 5.78. The van der Waals surface area contributed by atoms with Crippen LogP contribution in [0.2, 0.25) is 0 Å². The van der Waals surface area contributed by atoms with Gasteiger partial charge in [0.1, 0.15) is 5.75 Å². The lowest BCUT2D eigenvalue weighted by Gasteiger charge is -2.21. The highest BCUT2D eigenvalue weighted by atomic mass is 16.3. The van der Waals surface area contributed by atoms with Crippen molar-refractivity contribution < 1.29 is 9.90 Å². The maximum absolute atomic E-state index is 12.0. The van der Waals surface area contributed by atoms with Gasteiger partial charge >= 0.3 is 6.03 Å². The second-order valence-electron chi connectivity index (χ2n) is 5.60. The van der Waals surface area contributed by atoms with E-state index in [0.717, 1.165) is 11.3 Å². The van der Waals surface area contributed by atoms with Gasteiger partial charge in [0.2, 0.25) is 0 Å². The minimum atomic E-state index is -0.214. The van der Waals surface area contributed by atoms with E-state index in [-0.39, 0.29) is 17.2 Å². The van der Waals surface area contributed by atoms with Gasteiger partial charge in [-0.3, -0.25) is 4.90 Å². The molecule has 1 aromatic rings. The average Bonchev–Trinajstić information content (AvgIpc) is 2.34. The first-order valence-electron chi connectivity index (χ1n) is 6.22. The fourth-order valence-corrected chi connectivity index (χ4v) is 1.28. The third kappa shape index (κ3) is 4.32. The molecule has 1 rings (SSSR count). The normalized spacial score (nSPS) is 12.2. The highest BCUT2D eigenvalue weighted by Crippen LogP contribution is 2.23. The molecular weight excluding hydrogens is 240 g/mol. The van der Waals surface area contributed by atoms with Gasteiger partial charge in [0.25, 0.3) is 0 Å². The SMILES string of the molecule is C/C(=C\NC(=O)N(C)c1ccc(O)cc1)C(C)(C)C. The Hall–Kier alpha value is -1.97. The van der Waals surface area contributed by atoms with E-state index in [1.54, 1.807) is 37.5 Å². The Morgan fingerprint density at radius 2 is 1.79 bits per heavy atom. The number of phenols is 1. The number of anilines is 1. The van der Waals surface area contributed by atoms with Gasteiger partial charge < -0.3 is 10.4 Å². The molecule has 0 aliphatic rings. The highest BCUT2D eigenvalue weighted by Gasteiger charge is 2.14.